The Morgan fingerprint density at radius 3 is 2.65 bits per heavy atom. The molecule has 2 aliphatic rings. The predicted molar refractivity (Wildman–Crippen MR) is 84.9 cm³/mol. The van der Waals surface area contributed by atoms with Gasteiger partial charge in [-0.05, 0) is 81.8 Å². The van der Waals surface area contributed by atoms with Crippen molar-refractivity contribution in [1.82, 2.24) is 10.2 Å². The number of aryl methyl sites for hydroxylation is 1. The van der Waals surface area contributed by atoms with Crippen LogP contribution in [0, 0.1) is 19.8 Å². The second-order valence-corrected chi connectivity index (χ2v) is 6.68. The average molecular weight is 272 g/mol. The summed E-state index contributed by atoms with van der Waals surface area (Å²) in [7, 11) is 0. The molecule has 0 bridgehead atoms. The van der Waals surface area contributed by atoms with Gasteiger partial charge in [-0.25, -0.2) is 0 Å². The van der Waals surface area contributed by atoms with E-state index in [1.165, 1.54) is 62.0 Å². The van der Waals surface area contributed by atoms with Crippen LogP contribution in [0.2, 0.25) is 0 Å². The molecule has 2 heteroatoms. The largest absolute Gasteiger partial charge is 0.314 e. The van der Waals surface area contributed by atoms with Gasteiger partial charge in [0.2, 0.25) is 0 Å². The summed E-state index contributed by atoms with van der Waals surface area (Å²) in [6, 6.07) is 7.54. The van der Waals surface area contributed by atoms with Crippen molar-refractivity contribution in [3.8, 4) is 0 Å². The van der Waals surface area contributed by atoms with E-state index >= 15 is 0 Å². The number of rotatable bonds is 3. The molecule has 2 nitrogen and oxygen atoms in total. The van der Waals surface area contributed by atoms with Gasteiger partial charge >= 0.3 is 0 Å². The highest BCUT2D eigenvalue weighted by Gasteiger charge is 2.28. The monoisotopic (exact) mass is 272 g/mol. The van der Waals surface area contributed by atoms with Crippen LogP contribution in [0.3, 0.4) is 0 Å². The van der Waals surface area contributed by atoms with Crippen molar-refractivity contribution in [3.63, 3.8) is 0 Å². The Labute approximate surface area is 123 Å². The lowest BCUT2D eigenvalue weighted by molar-refractivity contribution is 0.157. The van der Waals surface area contributed by atoms with E-state index in [1.54, 1.807) is 0 Å². The maximum Gasteiger partial charge on any atom is 0.0236 e. The summed E-state index contributed by atoms with van der Waals surface area (Å²) in [6.07, 6.45) is 5.54. The van der Waals surface area contributed by atoms with Crippen molar-refractivity contribution in [2.45, 2.75) is 52.1 Å². The summed E-state index contributed by atoms with van der Waals surface area (Å²) in [4.78, 5) is 2.65. The van der Waals surface area contributed by atoms with Crippen molar-refractivity contribution in [2.24, 2.45) is 5.92 Å². The van der Waals surface area contributed by atoms with Gasteiger partial charge in [0.25, 0.3) is 0 Å². The van der Waals surface area contributed by atoms with Crippen LogP contribution in [0.4, 0.5) is 0 Å². The maximum atomic E-state index is 3.69. The number of hydrogen-bond acceptors (Lipinski definition) is 2. The highest BCUT2D eigenvalue weighted by Crippen LogP contribution is 2.26. The average Bonchev–Trinajstić information content (AvgIpc) is 2.99. The smallest absolute Gasteiger partial charge is 0.0236 e. The minimum absolute atomic E-state index is 0.817. The number of piperidine rings is 1. The minimum atomic E-state index is 0.817. The Morgan fingerprint density at radius 1 is 1.15 bits per heavy atom. The molecule has 2 heterocycles. The molecule has 1 atom stereocenters. The van der Waals surface area contributed by atoms with Crippen LogP contribution >= 0.6 is 0 Å². The molecule has 2 saturated heterocycles. The number of nitrogens with one attached hydrogen (secondary N) is 1. The van der Waals surface area contributed by atoms with E-state index in [0.717, 1.165) is 18.5 Å². The van der Waals surface area contributed by atoms with E-state index in [-0.39, 0.29) is 0 Å². The van der Waals surface area contributed by atoms with E-state index in [4.69, 9.17) is 0 Å². The van der Waals surface area contributed by atoms with Gasteiger partial charge in [0.05, 0.1) is 0 Å². The third-order valence-electron chi connectivity index (χ3n) is 5.41. The lowest BCUT2D eigenvalue weighted by Crippen LogP contribution is -2.40. The number of nitrogens with zero attached hydrogens (tertiary/aromatic N) is 1. The van der Waals surface area contributed by atoms with Gasteiger partial charge in [0, 0.05) is 12.6 Å². The SMILES string of the molecule is Cc1cccc(CN2CCC(C3CCCN3)CC2)c1C. The quantitative estimate of drug-likeness (QED) is 0.908. The molecule has 1 unspecified atom stereocenters. The number of hydrogen-bond donors (Lipinski definition) is 1. The van der Waals surface area contributed by atoms with Crippen LogP contribution < -0.4 is 5.32 Å². The zero-order valence-electron chi connectivity index (χ0n) is 13.0. The Morgan fingerprint density at radius 2 is 1.95 bits per heavy atom. The Balaban J connectivity index is 1.54. The summed E-state index contributed by atoms with van der Waals surface area (Å²) in [6.45, 7) is 9.41. The molecule has 110 valence electrons. The van der Waals surface area contributed by atoms with E-state index in [1.807, 2.05) is 0 Å². The highest BCUT2D eigenvalue weighted by atomic mass is 15.1. The molecule has 0 saturated carbocycles. The fraction of sp³-hybridized carbons (Fsp3) is 0.667. The first-order valence-corrected chi connectivity index (χ1v) is 8.25. The standard InChI is InChI=1S/C18H28N2/c1-14-5-3-6-17(15(14)2)13-20-11-8-16(9-12-20)18-7-4-10-19-18/h3,5-6,16,18-19H,4,7-13H2,1-2H3. The van der Waals surface area contributed by atoms with Crippen molar-refractivity contribution in [2.75, 3.05) is 19.6 Å². The van der Waals surface area contributed by atoms with Gasteiger partial charge in [-0.2, -0.15) is 0 Å². The zero-order valence-corrected chi connectivity index (χ0v) is 13.0. The van der Waals surface area contributed by atoms with Crippen LogP contribution in [-0.2, 0) is 6.54 Å². The molecule has 0 spiro atoms. The lowest BCUT2D eigenvalue weighted by Gasteiger charge is -2.35. The Bertz CT molecular complexity index is 441. The van der Waals surface area contributed by atoms with Gasteiger partial charge < -0.3 is 5.32 Å². The molecule has 0 amide bonds. The molecule has 0 aliphatic carbocycles. The zero-order chi connectivity index (χ0) is 13.9. The van der Waals surface area contributed by atoms with Crippen LogP contribution in [0.25, 0.3) is 0 Å². The lowest BCUT2D eigenvalue weighted by atomic mass is 9.88. The highest BCUT2D eigenvalue weighted by molar-refractivity contribution is 5.33. The van der Waals surface area contributed by atoms with Crippen molar-refractivity contribution < 1.29 is 0 Å². The summed E-state index contributed by atoms with van der Waals surface area (Å²) >= 11 is 0. The molecule has 20 heavy (non-hydrogen) atoms. The minimum Gasteiger partial charge on any atom is -0.314 e. The van der Waals surface area contributed by atoms with Crippen molar-refractivity contribution in [3.05, 3.63) is 34.9 Å². The number of likely N-dealkylation sites (tertiary alicyclic amines) is 1. The molecular formula is C18H28N2. The predicted octanol–water partition coefficient (Wildman–Crippen LogP) is 3.27. The first-order valence-electron chi connectivity index (χ1n) is 8.25. The maximum absolute atomic E-state index is 3.69. The molecule has 1 aromatic rings. The van der Waals surface area contributed by atoms with Crippen LogP contribution in [0.1, 0.15) is 42.4 Å². The van der Waals surface area contributed by atoms with Crippen LogP contribution in [0.15, 0.2) is 18.2 Å². The summed E-state index contributed by atoms with van der Waals surface area (Å²) in [5.41, 5.74) is 4.42. The van der Waals surface area contributed by atoms with Crippen molar-refractivity contribution in [1.29, 1.82) is 0 Å². The molecule has 2 fully saturated rings. The molecule has 3 rings (SSSR count). The summed E-state index contributed by atoms with van der Waals surface area (Å²) in [5.74, 6) is 0.923. The topological polar surface area (TPSA) is 15.3 Å². The van der Waals surface area contributed by atoms with E-state index in [2.05, 4.69) is 42.3 Å². The first kappa shape index (κ1) is 14.1. The van der Waals surface area contributed by atoms with E-state index in [0.29, 0.717) is 0 Å². The summed E-state index contributed by atoms with van der Waals surface area (Å²) < 4.78 is 0. The molecule has 1 N–H and O–H groups in total. The van der Waals surface area contributed by atoms with Crippen LogP contribution in [-0.4, -0.2) is 30.6 Å². The third-order valence-corrected chi connectivity index (χ3v) is 5.41. The second-order valence-electron chi connectivity index (χ2n) is 6.68. The first-order chi connectivity index (χ1) is 9.74. The fourth-order valence-corrected chi connectivity index (χ4v) is 3.85. The molecular weight excluding hydrogens is 244 g/mol. The molecule has 0 radical (unpaired) electrons. The van der Waals surface area contributed by atoms with E-state index < -0.39 is 0 Å². The van der Waals surface area contributed by atoms with Gasteiger partial charge in [-0.3, -0.25) is 4.90 Å². The third kappa shape index (κ3) is 3.07. The normalized spacial score (nSPS) is 25.2. The van der Waals surface area contributed by atoms with E-state index in [9.17, 15) is 0 Å². The van der Waals surface area contributed by atoms with Gasteiger partial charge in [-0.15, -0.1) is 0 Å². The molecule has 2 aliphatic heterocycles. The van der Waals surface area contributed by atoms with Gasteiger partial charge in [0.15, 0.2) is 0 Å². The number of benzene rings is 1. The Kier molecular flexibility index (Phi) is 4.42. The molecule has 0 aromatic heterocycles. The van der Waals surface area contributed by atoms with Crippen molar-refractivity contribution >= 4 is 0 Å². The van der Waals surface area contributed by atoms with Gasteiger partial charge in [-0.1, -0.05) is 18.2 Å². The molecule has 1 aromatic carbocycles. The van der Waals surface area contributed by atoms with Crippen LogP contribution in [0.5, 0.6) is 0 Å². The Hall–Kier alpha value is -0.860. The fourth-order valence-electron chi connectivity index (χ4n) is 3.85. The summed E-state index contributed by atoms with van der Waals surface area (Å²) in [5, 5.41) is 3.69. The second kappa shape index (κ2) is 6.28. The van der Waals surface area contributed by atoms with Gasteiger partial charge in [0.1, 0.15) is 0 Å².